The summed E-state index contributed by atoms with van der Waals surface area (Å²) in [6.45, 7) is 5.47. The molecule has 0 radical (unpaired) electrons. The number of amides is 2. The van der Waals surface area contributed by atoms with Gasteiger partial charge in [-0.2, -0.15) is 4.98 Å². The Kier molecular flexibility index (Phi) is 5.98. The lowest BCUT2D eigenvalue weighted by molar-refractivity contribution is -0.123. The molecule has 2 aromatic carbocycles. The van der Waals surface area contributed by atoms with Crippen molar-refractivity contribution >= 4 is 29.1 Å². The van der Waals surface area contributed by atoms with Crippen molar-refractivity contribution in [3.63, 3.8) is 0 Å². The molecule has 29 heavy (non-hydrogen) atoms. The van der Waals surface area contributed by atoms with Gasteiger partial charge in [-0.1, -0.05) is 49.7 Å². The minimum atomic E-state index is -0.578. The molecule has 7 nitrogen and oxygen atoms in total. The predicted molar refractivity (Wildman–Crippen MR) is 110 cm³/mol. The van der Waals surface area contributed by atoms with Crippen molar-refractivity contribution in [3.05, 3.63) is 65.0 Å². The minimum Gasteiger partial charge on any atom is -0.343 e. The van der Waals surface area contributed by atoms with E-state index in [4.69, 9.17) is 16.1 Å². The number of benzene rings is 2. The van der Waals surface area contributed by atoms with E-state index >= 15 is 0 Å². The van der Waals surface area contributed by atoms with Crippen molar-refractivity contribution in [2.75, 3.05) is 5.32 Å². The van der Waals surface area contributed by atoms with Gasteiger partial charge in [0.25, 0.3) is 5.91 Å². The molecule has 2 N–H and O–H groups in total. The summed E-state index contributed by atoms with van der Waals surface area (Å²) in [5.41, 5.74) is 0.969. The van der Waals surface area contributed by atoms with Gasteiger partial charge in [-0.15, -0.1) is 0 Å². The third-order valence-electron chi connectivity index (χ3n) is 4.07. The standard InChI is InChI=1S/C21H21ClN4O3/c1-21(2,3)20(28)24-16-7-5-4-6-15(16)19(27)23-12-17-25-18(26-29-17)13-8-10-14(22)11-9-13/h4-11H,12H2,1-3H3,(H,23,27)(H,24,28). The summed E-state index contributed by atoms with van der Waals surface area (Å²) in [7, 11) is 0. The maximum Gasteiger partial charge on any atom is 0.253 e. The Morgan fingerprint density at radius 2 is 1.76 bits per heavy atom. The Bertz CT molecular complexity index is 1020. The second-order valence-electron chi connectivity index (χ2n) is 7.45. The quantitative estimate of drug-likeness (QED) is 0.651. The maximum atomic E-state index is 12.6. The first-order chi connectivity index (χ1) is 13.7. The fourth-order valence-electron chi connectivity index (χ4n) is 2.39. The maximum absolute atomic E-state index is 12.6. The van der Waals surface area contributed by atoms with E-state index in [1.165, 1.54) is 0 Å². The molecule has 0 atom stereocenters. The van der Waals surface area contributed by atoms with Crippen LogP contribution in [-0.4, -0.2) is 22.0 Å². The highest BCUT2D eigenvalue weighted by atomic mass is 35.5. The molecular weight excluding hydrogens is 392 g/mol. The van der Waals surface area contributed by atoms with E-state index in [1.807, 2.05) is 0 Å². The molecule has 1 aromatic heterocycles. The van der Waals surface area contributed by atoms with Gasteiger partial charge >= 0.3 is 0 Å². The average Bonchev–Trinajstić information content (AvgIpc) is 3.15. The first-order valence-electron chi connectivity index (χ1n) is 9.01. The number of nitrogens with one attached hydrogen (secondary N) is 2. The summed E-state index contributed by atoms with van der Waals surface area (Å²) in [5.74, 6) is 0.131. The number of hydrogen-bond donors (Lipinski definition) is 2. The number of hydrogen-bond acceptors (Lipinski definition) is 5. The van der Waals surface area contributed by atoms with Crippen LogP contribution in [0.15, 0.2) is 53.1 Å². The minimum absolute atomic E-state index is 0.0565. The molecule has 150 valence electrons. The molecule has 8 heteroatoms. The molecule has 0 aliphatic carbocycles. The summed E-state index contributed by atoms with van der Waals surface area (Å²) in [6, 6.07) is 13.8. The number of aromatic nitrogens is 2. The highest BCUT2D eigenvalue weighted by molar-refractivity contribution is 6.30. The topological polar surface area (TPSA) is 97.1 Å². The molecule has 0 spiro atoms. The summed E-state index contributed by atoms with van der Waals surface area (Å²) >= 11 is 5.88. The molecule has 3 aromatic rings. The Labute approximate surface area is 173 Å². The van der Waals surface area contributed by atoms with Crippen molar-refractivity contribution in [1.29, 1.82) is 0 Å². The van der Waals surface area contributed by atoms with Crippen LogP contribution in [0.5, 0.6) is 0 Å². The first kappa shape index (κ1) is 20.5. The second-order valence-corrected chi connectivity index (χ2v) is 7.89. The zero-order valence-electron chi connectivity index (χ0n) is 16.3. The number of carbonyl (C=O) groups excluding carboxylic acids is 2. The predicted octanol–water partition coefficient (Wildman–Crippen LogP) is 4.30. The number of anilines is 1. The summed E-state index contributed by atoms with van der Waals surface area (Å²) < 4.78 is 5.20. The molecule has 3 rings (SSSR count). The van der Waals surface area contributed by atoms with Gasteiger partial charge in [0.1, 0.15) is 0 Å². The van der Waals surface area contributed by atoms with Gasteiger partial charge in [0, 0.05) is 16.0 Å². The molecule has 0 aliphatic heterocycles. The Hall–Kier alpha value is -3.19. The number of halogens is 1. The van der Waals surface area contributed by atoms with Crippen LogP contribution >= 0.6 is 11.6 Å². The smallest absolute Gasteiger partial charge is 0.253 e. The van der Waals surface area contributed by atoms with Crippen LogP contribution in [-0.2, 0) is 11.3 Å². The SMILES string of the molecule is CC(C)(C)C(=O)Nc1ccccc1C(=O)NCc1nc(-c2ccc(Cl)cc2)no1. The van der Waals surface area contributed by atoms with E-state index in [2.05, 4.69) is 20.8 Å². The van der Waals surface area contributed by atoms with Crippen LogP contribution in [0, 0.1) is 5.41 Å². The van der Waals surface area contributed by atoms with Crippen molar-refractivity contribution in [1.82, 2.24) is 15.5 Å². The Morgan fingerprint density at radius 3 is 2.45 bits per heavy atom. The zero-order chi connectivity index (χ0) is 21.0. The molecule has 0 saturated carbocycles. The molecule has 0 saturated heterocycles. The highest BCUT2D eigenvalue weighted by Crippen LogP contribution is 2.21. The van der Waals surface area contributed by atoms with E-state index in [9.17, 15) is 9.59 Å². The van der Waals surface area contributed by atoms with Gasteiger partial charge in [-0.25, -0.2) is 0 Å². The van der Waals surface area contributed by atoms with Crippen LogP contribution in [0.1, 0.15) is 37.0 Å². The van der Waals surface area contributed by atoms with Crippen molar-refractivity contribution in [2.45, 2.75) is 27.3 Å². The number of para-hydroxylation sites is 1. The molecule has 0 aliphatic rings. The highest BCUT2D eigenvalue weighted by Gasteiger charge is 2.23. The van der Waals surface area contributed by atoms with Gasteiger partial charge < -0.3 is 15.2 Å². The van der Waals surface area contributed by atoms with Crippen LogP contribution < -0.4 is 10.6 Å². The lowest BCUT2D eigenvalue weighted by Gasteiger charge is -2.19. The van der Waals surface area contributed by atoms with E-state index in [0.29, 0.717) is 22.1 Å². The summed E-state index contributed by atoms with van der Waals surface area (Å²) in [6.07, 6.45) is 0. The van der Waals surface area contributed by atoms with E-state index < -0.39 is 5.41 Å². The van der Waals surface area contributed by atoms with Crippen LogP contribution in [0.4, 0.5) is 5.69 Å². The van der Waals surface area contributed by atoms with Crippen molar-refractivity contribution in [2.24, 2.45) is 5.41 Å². The van der Waals surface area contributed by atoms with Crippen LogP contribution in [0.25, 0.3) is 11.4 Å². The molecule has 0 fully saturated rings. The molecule has 0 bridgehead atoms. The van der Waals surface area contributed by atoms with Gasteiger partial charge in [0.15, 0.2) is 0 Å². The lowest BCUT2D eigenvalue weighted by Crippen LogP contribution is -2.30. The van der Waals surface area contributed by atoms with E-state index in [1.54, 1.807) is 69.3 Å². The Morgan fingerprint density at radius 1 is 1.07 bits per heavy atom. The van der Waals surface area contributed by atoms with Gasteiger partial charge in [-0.05, 0) is 36.4 Å². The van der Waals surface area contributed by atoms with Gasteiger partial charge in [0.05, 0.1) is 17.8 Å². The molecule has 2 amide bonds. The fourth-order valence-corrected chi connectivity index (χ4v) is 2.52. The monoisotopic (exact) mass is 412 g/mol. The number of rotatable bonds is 5. The first-order valence-corrected chi connectivity index (χ1v) is 9.39. The Balaban J connectivity index is 1.67. The third kappa shape index (κ3) is 5.20. The number of carbonyl (C=O) groups is 2. The third-order valence-corrected chi connectivity index (χ3v) is 4.32. The lowest BCUT2D eigenvalue weighted by atomic mass is 9.95. The number of nitrogens with zero attached hydrogens (tertiary/aromatic N) is 2. The average molecular weight is 413 g/mol. The fraction of sp³-hybridized carbons (Fsp3) is 0.238. The molecule has 0 unspecified atom stereocenters. The second kappa shape index (κ2) is 8.45. The normalized spacial score (nSPS) is 11.2. The van der Waals surface area contributed by atoms with Crippen LogP contribution in [0.2, 0.25) is 5.02 Å². The summed E-state index contributed by atoms with van der Waals surface area (Å²) in [5, 5.41) is 10.1. The van der Waals surface area contributed by atoms with Gasteiger partial charge in [0.2, 0.25) is 17.6 Å². The van der Waals surface area contributed by atoms with E-state index in [-0.39, 0.29) is 24.2 Å². The molecule has 1 heterocycles. The van der Waals surface area contributed by atoms with Gasteiger partial charge in [-0.3, -0.25) is 9.59 Å². The van der Waals surface area contributed by atoms with Crippen molar-refractivity contribution < 1.29 is 14.1 Å². The molecular formula is C21H21ClN4O3. The van der Waals surface area contributed by atoms with Crippen molar-refractivity contribution in [3.8, 4) is 11.4 Å². The largest absolute Gasteiger partial charge is 0.343 e. The van der Waals surface area contributed by atoms with Crippen LogP contribution in [0.3, 0.4) is 0 Å². The summed E-state index contributed by atoms with van der Waals surface area (Å²) in [4.78, 5) is 29.2. The van der Waals surface area contributed by atoms with E-state index in [0.717, 1.165) is 5.56 Å². The zero-order valence-corrected chi connectivity index (χ0v) is 17.1.